The summed E-state index contributed by atoms with van der Waals surface area (Å²) in [4.78, 5) is 30.0. The van der Waals surface area contributed by atoms with Crippen LogP contribution < -0.4 is 10.9 Å². The molecule has 3 rings (SSSR count). The number of fused-ring (bicyclic) bond motifs is 1. The molecule has 3 aromatic rings. The van der Waals surface area contributed by atoms with Crippen LogP contribution in [0.3, 0.4) is 0 Å². The smallest absolute Gasteiger partial charge is 0.262 e. The third kappa shape index (κ3) is 4.34. The molecule has 144 valence electrons. The molecule has 0 aliphatic rings. The summed E-state index contributed by atoms with van der Waals surface area (Å²) < 4.78 is 1.56. The van der Waals surface area contributed by atoms with Gasteiger partial charge in [0.2, 0.25) is 5.91 Å². The summed E-state index contributed by atoms with van der Waals surface area (Å²) in [6.07, 6.45) is 2.61. The van der Waals surface area contributed by atoms with Crippen LogP contribution in [0.25, 0.3) is 10.9 Å². The van der Waals surface area contributed by atoms with Crippen LogP contribution in [0, 0.1) is 0 Å². The van der Waals surface area contributed by atoms with Gasteiger partial charge in [0.1, 0.15) is 0 Å². The largest absolute Gasteiger partial charge is 0.325 e. The van der Waals surface area contributed by atoms with Gasteiger partial charge in [0.25, 0.3) is 5.56 Å². The highest BCUT2D eigenvalue weighted by molar-refractivity contribution is 8.00. The number of hydrogen-bond acceptors (Lipinski definition) is 4. The number of thioether (sulfide) groups is 1. The zero-order chi connectivity index (χ0) is 20.1. The summed E-state index contributed by atoms with van der Waals surface area (Å²) in [6, 6.07) is 15.0. The van der Waals surface area contributed by atoms with Gasteiger partial charge in [0.15, 0.2) is 5.16 Å². The van der Waals surface area contributed by atoms with Crippen LogP contribution in [0.5, 0.6) is 0 Å². The van der Waals surface area contributed by atoms with Crippen LogP contribution >= 0.6 is 11.8 Å². The maximum atomic E-state index is 12.8. The van der Waals surface area contributed by atoms with E-state index in [9.17, 15) is 9.59 Å². The van der Waals surface area contributed by atoms with Gasteiger partial charge in [0, 0.05) is 12.2 Å². The Morgan fingerprint density at radius 3 is 2.64 bits per heavy atom. The van der Waals surface area contributed by atoms with Crippen LogP contribution in [0.1, 0.15) is 19.4 Å². The number of rotatable bonds is 7. The van der Waals surface area contributed by atoms with Crippen molar-refractivity contribution in [2.75, 3.05) is 5.32 Å². The van der Waals surface area contributed by atoms with E-state index in [4.69, 9.17) is 0 Å². The number of aromatic nitrogens is 2. The Morgan fingerprint density at radius 1 is 1.25 bits per heavy atom. The van der Waals surface area contributed by atoms with Crippen LogP contribution in [-0.2, 0) is 17.8 Å². The standard InChI is InChI=1S/C22H23N3O2S/c1-4-14-25-21(27)18-8-6-7-9-19(18)24-22(25)28-15(3)20(26)23-17-12-10-16(5-2)11-13-17/h4,6-13,15H,1,5,14H2,2-3H3,(H,23,26). The first-order valence-corrected chi connectivity index (χ1v) is 10.1. The zero-order valence-electron chi connectivity index (χ0n) is 16.0. The number of para-hydroxylation sites is 1. The second-order valence-corrected chi connectivity index (χ2v) is 7.72. The third-order valence-corrected chi connectivity index (χ3v) is 5.51. The second kappa shape index (κ2) is 8.89. The Bertz CT molecular complexity index is 1060. The maximum Gasteiger partial charge on any atom is 0.262 e. The number of carbonyl (C=O) groups excluding carboxylic acids is 1. The summed E-state index contributed by atoms with van der Waals surface area (Å²) in [6.45, 7) is 7.96. The highest BCUT2D eigenvalue weighted by Crippen LogP contribution is 2.24. The van der Waals surface area contributed by atoms with Gasteiger partial charge >= 0.3 is 0 Å². The minimum atomic E-state index is -0.421. The molecule has 1 unspecified atom stereocenters. The molecule has 0 radical (unpaired) electrons. The second-order valence-electron chi connectivity index (χ2n) is 6.42. The average molecular weight is 394 g/mol. The van der Waals surface area contributed by atoms with Gasteiger partial charge in [-0.05, 0) is 43.2 Å². The number of aryl methyl sites for hydroxylation is 1. The molecule has 1 N–H and O–H groups in total. The number of benzene rings is 2. The predicted molar refractivity (Wildman–Crippen MR) is 116 cm³/mol. The van der Waals surface area contributed by atoms with E-state index in [-0.39, 0.29) is 11.5 Å². The van der Waals surface area contributed by atoms with Gasteiger partial charge < -0.3 is 5.32 Å². The lowest BCUT2D eigenvalue weighted by Gasteiger charge is -2.15. The lowest BCUT2D eigenvalue weighted by molar-refractivity contribution is -0.115. The topological polar surface area (TPSA) is 64.0 Å². The Kier molecular flexibility index (Phi) is 6.31. The first-order valence-electron chi connectivity index (χ1n) is 9.20. The normalized spacial score (nSPS) is 11.9. The molecular formula is C22H23N3O2S. The van der Waals surface area contributed by atoms with Crippen molar-refractivity contribution in [1.29, 1.82) is 0 Å². The molecule has 6 heteroatoms. The minimum Gasteiger partial charge on any atom is -0.325 e. The van der Waals surface area contributed by atoms with E-state index in [1.54, 1.807) is 29.7 Å². The summed E-state index contributed by atoms with van der Waals surface area (Å²) in [5.74, 6) is -0.137. The summed E-state index contributed by atoms with van der Waals surface area (Å²) in [5, 5.41) is 3.56. The first-order chi connectivity index (χ1) is 13.5. The molecule has 2 aromatic carbocycles. The monoisotopic (exact) mass is 393 g/mol. The summed E-state index contributed by atoms with van der Waals surface area (Å²) >= 11 is 1.27. The minimum absolute atomic E-state index is 0.129. The van der Waals surface area contributed by atoms with Crippen LogP contribution in [0.4, 0.5) is 5.69 Å². The van der Waals surface area contributed by atoms with Gasteiger partial charge in [0.05, 0.1) is 16.2 Å². The van der Waals surface area contributed by atoms with Crippen LogP contribution in [0.15, 0.2) is 71.1 Å². The van der Waals surface area contributed by atoms with Crippen molar-refractivity contribution >= 4 is 34.3 Å². The zero-order valence-corrected chi connectivity index (χ0v) is 16.8. The van der Waals surface area contributed by atoms with Crippen molar-refractivity contribution in [2.24, 2.45) is 0 Å². The number of allylic oxidation sites excluding steroid dienone is 1. The maximum absolute atomic E-state index is 12.8. The molecule has 0 saturated heterocycles. The van der Waals surface area contributed by atoms with Gasteiger partial charge in [-0.3, -0.25) is 14.2 Å². The van der Waals surface area contributed by atoms with Gasteiger partial charge in [-0.2, -0.15) is 0 Å². The number of nitrogens with one attached hydrogen (secondary N) is 1. The van der Waals surface area contributed by atoms with Gasteiger partial charge in [-0.15, -0.1) is 6.58 Å². The lowest BCUT2D eigenvalue weighted by Crippen LogP contribution is -2.26. The lowest BCUT2D eigenvalue weighted by atomic mass is 10.1. The summed E-state index contributed by atoms with van der Waals surface area (Å²) in [5.41, 5.74) is 2.47. The van der Waals surface area contributed by atoms with Gasteiger partial charge in [-0.25, -0.2) is 4.98 Å². The Labute approximate surface area is 168 Å². The number of hydrogen-bond donors (Lipinski definition) is 1. The number of nitrogens with zero attached hydrogens (tertiary/aromatic N) is 2. The molecule has 5 nitrogen and oxygen atoms in total. The fourth-order valence-electron chi connectivity index (χ4n) is 2.81. The predicted octanol–water partition coefficient (Wildman–Crippen LogP) is 4.26. The molecule has 0 saturated carbocycles. The molecule has 1 atom stereocenters. The fraction of sp³-hybridized carbons (Fsp3) is 0.227. The number of anilines is 1. The van der Waals surface area contributed by atoms with Crippen molar-refractivity contribution < 1.29 is 4.79 Å². The Balaban J connectivity index is 1.83. The Hall–Kier alpha value is -2.86. The summed E-state index contributed by atoms with van der Waals surface area (Å²) in [7, 11) is 0. The van der Waals surface area contributed by atoms with E-state index in [0.29, 0.717) is 22.6 Å². The first kappa shape index (κ1) is 19.9. The van der Waals surface area contributed by atoms with E-state index >= 15 is 0 Å². The van der Waals surface area contributed by atoms with E-state index in [0.717, 1.165) is 12.1 Å². The molecule has 0 bridgehead atoms. The van der Waals surface area contributed by atoms with Crippen molar-refractivity contribution in [3.63, 3.8) is 0 Å². The SMILES string of the molecule is C=CCn1c(SC(C)C(=O)Nc2ccc(CC)cc2)nc2ccccc2c1=O. The molecule has 0 aliphatic carbocycles. The van der Waals surface area contributed by atoms with Crippen LogP contribution in [-0.4, -0.2) is 20.7 Å². The van der Waals surface area contributed by atoms with Crippen LogP contribution in [0.2, 0.25) is 0 Å². The highest BCUT2D eigenvalue weighted by Gasteiger charge is 2.19. The molecule has 1 amide bonds. The van der Waals surface area contributed by atoms with E-state index in [2.05, 4.69) is 23.8 Å². The van der Waals surface area contributed by atoms with E-state index < -0.39 is 5.25 Å². The highest BCUT2D eigenvalue weighted by atomic mass is 32.2. The van der Waals surface area contributed by atoms with E-state index in [1.165, 1.54) is 17.3 Å². The molecule has 0 spiro atoms. The molecular weight excluding hydrogens is 370 g/mol. The molecule has 1 heterocycles. The number of amides is 1. The molecule has 0 aliphatic heterocycles. The number of carbonyl (C=O) groups is 1. The van der Waals surface area contributed by atoms with Crippen molar-refractivity contribution in [2.45, 2.75) is 37.2 Å². The quantitative estimate of drug-likeness (QED) is 0.370. The Morgan fingerprint density at radius 2 is 1.96 bits per heavy atom. The van der Waals surface area contributed by atoms with Crippen molar-refractivity contribution in [3.8, 4) is 0 Å². The van der Waals surface area contributed by atoms with Crippen molar-refractivity contribution in [1.82, 2.24) is 9.55 Å². The molecule has 28 heavy (non-hydrogen) atoms. The average Bonchev–Trinajstić information content (AvgIpc) is 2.71. The molecule has 1 aromatic heterocycles. The molecule has 0 fully saturated rings. The fourth-order valence-corrected chi connectivity index (χ4v) is 3.72. The van der Waals surface area contributed by atoms with Crippen molar-refractivity contribution in [3.05, 3.63) is 77.1 Å². The third-order valence-electron chi connectivity index (χ3n) is 4.42. The van der Waals surface area contributed by atoms with E-state index in [1.807, 2.05) is 36.4 Å². The van der Waals surface area contributed by atoms with Gasteiger partial charge in [-0.1, -0.05) is 49.0 Å².